The Morgan fingerprint density at radius 1 is 1.26 bits per heavy atom. The van der Waals surface area contributed by atoms with Gasteiger partial charge in [0.1, 0.15) is 17.5 Å². The van der Waals surface area contributed by atoms with Gasteiger partial charge in [0.2, 0.25) is 5.91 Å². The van der Waals surface area contributed by atoms with E-state index in [-0.39, 0.29) is 12.5 Å². The predicted molar refractivity (Wildman–Crippen MR) is 130 cm³/mol. The maximum absolute atomic E-state index is 15.1. The molecule has 2 aliphatic rings. The van der Waals surface area contributed by atoms with Crippen molar-refractivity contribution < 1.29 is 18.7 Å². The third-order valence-electron chi connectivity index (χ3n) is 5.93. The number of piperidine rings is 1. The third kappa shape index (κ3) is 5.37. The molecule has 2 aromatic carbocycles. The van der Waals surface area contributed by atoms with Crippen molar-refractivity contribution in [2.24, 2.45) is 0 Å². The minimum absolute atomic E-state index is 0.176. The number of carbonyl (C=O) groups excluding carboxylic acids is 2. The number of amides is 2. The van der Waals surface area contributed by atoms with Gasteiger partial charge in [0.15, 0.2) is 0 Å². The Morgan fingerprint density at radius 2 is 2.00 bits per heavy atom. The summed E-state index contributed by atoms with van der Waals surface area (Å²) in [6.07, 6.45) is 0.159. The molecule has 2 amide bonds. The molecule has 0 bridgehead atoms. The van der Waals surface area contributed by atoms with Crippen LogP contribution in [0.1, 0.15) is 19.8 Å². The van der Waals surface area contributed by atoms with Crippen LogP contribution in [0.5, 0.6) is 0 Å². The molecule has 8 nitrogen and oxygen atoms in total. The zero-order valence-electron chi connectivity index (χ0n) is 18.8. The lowest BCUT2D eigenvalue weighted by Gasteiger charge is -2.39. The monoisotopic (exact) mass is 483 g/mol. The number of ether oxygens (including phenoxy) is 1. The van der Waals surface area contributed by atoms with Gasteiger partial charge in [-0.1, -0.05) is 18.2 Å². The van der Waals surface area contributed by atoms with Crippen LogP contribution < -0.4 is 19.8 Å². The van der Waals surface area contributed by atoms with Crippen molar-refractivity contribution in [3.8, 4) is 6.07 Å². The molecule has 0 spiro atoms. The van der Waals surface area contributed by atoms with Gasteiger partial charge in [0.05, 0.1) is 29.7 Å². The van der Waals surface area contributed by atoms with Gasteiger partial charge in [0, 0.05) is 38.5 Å². The summed E-state index contributed by atoms with van der Waals surface area (Å²) in [7, 11) is 0. The summed E-state index contributed by atoms with van der Waals surface area (Å²) < 4.78 is 23.0. The second kappa shape index (κ2) is 10.2. The Hall–Kier alpha value is -3.45. The van der Waals surface area contributed by atoms with E-state index in [2.05, 4.69) is 16.1 Å². The van der Waals surface area contributed by atoms with Gasteiger partial charge >= 0.3 is 6.09 Å². The first-order valence-corrected chi connectivity index (χ1v) is 12.0. The van der Waals surface area contributed by atoms with Gasteiger partial charge < -0.3 is 19.7 Å². The number of nitrogens with zero attached hydrogens (tertiary/aromatic N) is 3. The van der Waals surface area contributed by atoms with Crippen molar-refractivity contribution in [3.63, 3.8) is 0 Å². The van der Waals surface area contributed by atoms with E-state index in [9.17, 15) is 14.9 Å². The Morgan fingerprint density at radius 3 is 2.65 bits per heavy atom. The van der Waals surface area contributed by atoms with Gasteiger partial charge in [0.25, 0.3) is 0 Å². The molecule has 2 aliphatic heterocycles. The van der Waals surface area contributed by atoms with Crippen LogP contribution in [0.4, 0.5) is 26.2 Å². The molecule has 0 aromatic heterocycles. The molecule has 1 atom stereocenters. The Kier molecular flexibility index (Phi) is 7.12. The van der Waals surface area contributed by atoms with Crippen LogP contribution in [-0.4, -0.2) is 49.0 Å². The van der Waals surface area contributed by atoms with Crippen LogP contribution in [0, 0.1) is 17.1 Å². The summed E-state index contributed by atoms with van der Waals surface area (Å²) in [6, 6.07) is 16.7. The largest absolute Gasteiger partial charge is 0.443 e. The Labute approximate surface area is 202 Å². The molecule has 10 heteroatoms. The first-order chi connectivity index (χ1) is 16.4. The van der Waals surface area contributed by atoms with E-state index < -0.39 is 23.6 Å². The summed E-state index contributed by atoms with van der Waals surface area (Å²) in [5.41, 5.74) is 1.06. The second-order valence-corrected chi connectivity index (χ2v) is 9.22. The number of hydrogen-bond donors (Lipinski definition) is 2. The van der Waals surface area contributed by atoms with E-state index in [0.717, 1.165) is 5.69 Å². The number of nitrogens with one attached hydrogen (secondary N) is 2. The molecule has 4 rings (SSSR count). The van der Waals surface area contributed by atoms with E-state index in [4.69, 9.17) is 4.74 Å². The topological polar surface area (TPSA) is 97.7 Å². The lowest BCUT2D eigenvalue weighted by molar-refractivity contribution is -0.117. The molecule has 0 unspecified atom stereocenters. The quantitative estimate of drug-likeness (QED) is 0.576. The lowest BCUT2D eigenvalue weighted by atomic mass is 9.88. The SMILES string of the molecule is CC(=O)NSC[C@@H]1CN(c2ccc(N3CCC(C#N)(Nc4ccccc4)CC3)c(F)c2)C(=O)O1. The average Bonchev–Trinajstić information content (AvgIpc) is 3.20. The van der Waals surface area contributed by atoms with Gasteiger partial charge in [-0.05, 0) is 42.3 Å². The van der Waals surface area contributed by atoms with Crippen molar-refractivity contribution in [1.82, 2.24) is 4.72 Å². The van der Waals surface area contributed by atoms with Gasteiger partial charge in [-0.15, -0.1) is 0 Å². The fourth-order valence-electron chi connectivity index (χ4n) is 4.17. The standard InChI is InChI=1S/C24H26FN5O3S/c1-17(31)28-34-15-20-14-30(23(32)33-20)19-7-8-22(21(25)13-19)29-11-9-24(16-26,10-12-29)27-18-5-3-2-4-6-18/h2-8,13,20,27H,9-12,14-15H2,1H3,(H,28,31)/t20-/m0/s1. The van der Waals surface area contributed by atoms with Crippen LogP contribution in [0.15, 0.2) is 48.5 Å². The van der Waals surface area contributed by atoms with Crippen LogP contribution in [-0.2, 0) is 9.53 Å². The maximum Gasteiger partial charge on any atom is 0.414 e. The molecule has 2 fully saturated rings. The summed E-state index contributed by atoms with van der Waals surface area (Å²) in [4.78, 5) is 26.6. The molecule has 0 radical (unpaired) electrons. The molecule has 0 aliphatic carbocycles. The molecular formula is C24H26FN5O3S. The number of nitriles is 1. The highest BCUT2D eigenvalue weighted by molar-refractivity contribution is 7.97. The normalized spacial score (nSPS) is 19.3. The highest BCUT2D eigenvalue weighted by atomic mass is 32.2. The summed E-state index contributed by atoms with van der Waals surface area (Å²) in [5, 5.41) is 13.2. The molecule has 2 aromatic rings. The zero-order chi connectivity index (χ0) is 24.1. The van der Waals surface area contributed by atoms with Crippen molar-refractivity contribution in [2.45, 2.75) is 31.4 Å². The van der Waals surface area contributed by atoms with E-state index in [0.29, 0.717) is 43.1 Å². The number of halogens is 1. The highest BCUT2D eigenvalue weighted by Gasteiger charge is 2.36. The van der Waals surface area contributed by atoms with Crippen LogP contribution in [0.25, 0.3) is 0 Å². The molecule has 2 heterocycles. The van der Waals surface area contributed by atoms with Crippen molar-refractivity contribution in [3.05, 3.63) is 54.3 Å². The molecule has 0 saturated carbocycles. The second-order valence-electron chi connectivity index (χ2n) is 8.39. The zero-order valence-corrected chi connectivity index (χ0v) is 19.6. The number of anilines is 3. The summed E-state index contributed by atoms with van der Waals surface area (Å²) in [5.74, 6) is -0.195. The number of benzene rings is 2. The number of para-hydroxylation sites is 1. The maximum atomic E-state index is 15.1. The molecule has 2 saturated heterocycles. The smallest absolute Gasteiger partial charge is 0.414 e. The number of cyclic esters (lactones) is 1. The summed E-state index contributed by atoms with van der Waals surface area (Å²) in [6.45, 7) is 2.74. The van der Waals surface area contributed by atoms with Crippen molar-refractivity contribution in [1.29, 1.82) is 5.26 Å². The van der Waals surface area contributed by atoms with Crippen LogP contribution in [0.2, 0.25) is 0 Å². The predicted octanol–water partition coefficient (Wildman–Crippen LogP) is 3.91. The van der Waals surface area contributed by atoms with Crippen molar-refractivity contribution in [2.75, 3.05) is 40.5 Å². The number of carbonyl (C=O) groups is 2. The van der Waals surface area contributed by atoms with Gasteiger partial charge in [-0.3, -0.25) is 9.69 Å². The average molecular weight is 484 g/mol. The van der Waals surface area contributed by atoms with Crippen LogP contribution >= 0.6 is 11.9 Å². The Balaban J connectivity index is 1.38. The third-order valence-corrected chi connectivity index (χ3v) is 6.90. The van der Waals surface area contributed by atoms with E-state index >= 15 is 4.39 Å². The van der Waals surface area contributed by atoms with Gasteiger partial charge in [-0.25, -0.2) is 9.18 Å². The first-order valence-electron chi connectivity index (χ1n) is 11.0. The number of rotatable bonds is 7. The molecule has 34 heavy (non-hydrogen) atoms. The first kappa shape index (κ1) is 23.7. The molecule has 178 valence electrons. The van der Waals surface area contributed by atoms with Crippen molar-refractivity contribution >= 4 is 41.0 Å². The minimum Gasteiger partial charge on any atom is -0.443 e. The van der Waals surface area contributed by atoms with E-state index in [1.165, 1.54) is 29.8 Å². The van der Waals surface area contributed by atoms with E-state index in [1.807, 2.05) is 35.2 Å². The highest BCUT2D eigenvalue weighted by Crippen LogP contribution is 2.33. The van der Waals surface area contributed by atoms with Gasteiger partial charge in [-0.2, -0.15) is 5.26 Å². The fraction of sp³-hybridized carbons (Fsp3) is 0.375. The minimum atomic E-state index is -0.697. The molecule has 2 N–H and O–H groups in total. The lowest BCUT2D eigenvalue weighted by Crippen LogP contribution is -2.48. The number of hydrogen-bond acceptors (Lipinski definition) is 7. The Bertz CT molecular complexity index is 1090. The molecular weight excluding hydrogens is 457 g/mol. The van der Waals surface area contributed by atoms with E-state index in [1.54, 1.807) is 12.1 Å². The fourth-order valence-corrected chi connectivity index (χ4v) is 4.81. The summed E-state index contributed by atoms with van der Waals surface area (Å²) >= 11 is 1.17. The van der Waals surface area contributed by atoms with Crippen LogP contribution in [0.3, 0.4) is 0 Å².